The predicted molar refractivity (Wildman–Crippen MR) is 62.3 cm³/mol. The van der Waals surface area contributed by atoms with Gasteiger partial charge in [-0.1, -0.05) is 0 Å². The minimum absolute atomic E-state index is 0.243. The van der Waals surface area contributed by atoms with Crippen molar-refractivity contribution < 1.29 is 10.2 Å². The van der Waals surface area contributed by atoms with Crippen LogP contribution in [-0.4, -0.2) is 34.9 Å². The van der Waals surface area contributed by atoms with Crippen molar-refractivity contribution in [2.24, 2.45) is 5.92 Å². The smallest absolute Gasteiger partial charge is 0.128 e. The van der Waals surface area contributed by atoms with E-state index >= 15 is 0 Å². The number of pyridine rings is 1. The van der Waals surface area contributed by atoms with Gasteiger partial charge in [0.25, 0.3) is 0 Å². The molecule has 0 aliphatic carbocycles. The van der Waals surface area contributed by atoms with Crippen LogP contribution in [0, 0.1) is 5.92 Å². The fourth-order valence-electron chi connectivity index (χ4n) is 2.06. The summed E-state index contributed by atoms with van der Waals surface area (Å²) in [5, 5.41) is 18.6. The van der Waals surface area contributed by atoms with Crippen LogP contribution in [0.4, 0.5) is 5.82 Å². The van der Waals surface area contributed by atoms with Crippen LogP contribution in [0.2, 0.25) is 0 Å². The van der Waals surface area contributed by atoms with Gasteiger partial charge in [-0.25, -0.2) is 4.98 Å². The zero-order valence-electron chi connectivity index (χ0n) is 9.50. The molecule has 2 heterocycles. The lowest BCUT2D eigenvalue weighted by Gasteiger charge is -2.18. The third-order valence-electron chi connectivity index (χ3n) is 3.12. The molecule has 1 aromatic rings. The average Bonchev–Trinajstić information content (AvgIpc) is 2.77. The van der Waals surface area contributed by atoms with E-state index < -0.39 is 6.10 Å². The van der Waals surface area contributed by atoms with Gasteiger partial charge in [0.05, 0.1) is 6.10 Å². The molecule has 16 heavy (non-hydrogen) atoms. The molecule has 0 amide bonds. The highest BCUT2D eigenvalue weighted by atomic mass is 16.3. The Morgan fingerprint density at radius 1 is 1.62 bits per heavy atom. The summed E-state index contributed by atoms with van der Waals surface area (Å²) in [5.74, 6) is 1.26. The van der Waals surface area contributed by atoms with Gasteiger partial charge in [0, 0.05) is 31.8 Å². The first-order valence-corrected chi connectivity index (χ1v) is 5.70. The van der Waals surface area contributed by atoms with Crippen molar-refractivity contribution in [2.75, 3.05) is 24.6 Å². The molecule has 0 aromatic carbocycles. The summed E-state index contributed by atoms with van der Waals surface area (Å²) >= 11 is 0. The highest BCUT2D eigenvalue weighted by Crippen LogP contribution is 2.23. The number of anilines is 1. The van der Waals surface area contributed by atoms with Crippen LogP contribution in [0.3, 0.4) is 0 Å². The molecule has 88 valence electrons. The van der Waals surface area contributed by atoms with E-state index in [0.29, 0.717) is 5.92 Å². The lowest BCUT2D eigenvalue weighted by molar-refractivity contribution is 0.199. The summed E-state index contributed by atoms with van der Waals surface area (Å²) in [5.41, 5.74) is 0.887. The highest BCUT2D eigenvalue weighted by molar-refractivity contribution is 5.42. The first-order valence-electron chi connectivity index (χ1n) is 5.70. The molecule has 2 N–H and O–H groups in total. The van der Waals surface area contributed by atoms with Gasteiger partial charge in [-0.05, 0) is 31.0 Å². The molecule has 0 saturated carbocycles. The summed E-state index contributed by atoms with van der Waals surface area (Å²) in [6.45, 7) is 3.78. The lowest BCUT2D eigenvalue weighted by Crippen LogP contribution is -2.21. The van der Waals surface area contributed by atoms with E-state index in [0.717, 1.165) is 30.9 Å². The number of aliphatic hydroxyl groups excluding tert-OH is 2. The maximum atomic E-state index is 9.50. The lowest BCUT2D eigenvalue weighted by atomic mass is 10.1. The fourth-order valence-corrected chi connectivity index (χ4v) is 2.06. The SMILES string of the molecule is CC(O)c1ccnc(N2CCC(CO)C2)c1. The molecule has 1 aromatic heterocycles. The van der Waals surface area contributed by atoms with E-state index in [1.807, 2.05) is 12.1 Å². The normalized spacial score (nSPS) is 22.4. The number of hydrogen-bond acceptors (Lipinski definition) is 4. The van der Waals surface area contributed by atoms with Crippen LogP contribution in [0.15, 0.2) is 18.3 Å². The molecule has 0 spiro atoms. The molecular formula is C12H18N2O2. The molecule has 2 rings (SSSR count). The number of aliphatic hydroxyl groups is 2. The van der Waals surface area contributed by atoms with Crippen molar-refractivity contribution in [2.45, 2.75) is 19.4 Å². The Hall–Kier alpha value is -1.13. The van der Waals surface area contributed by atoms with Crippen molar-refractivity contribution in [1.82, 2.24) is 4.98 Å². The van der Waals surface area contributed by atoms with Crippen molar-refractivity contribution in [3.8, 4) is 0 Å². The summed E-state index contributed by atoms with van der Waals surface area (Å²) in [6.07, 6.45) is 2.28. The van der Waals surface area contributed by atoms with Gasteiger partial charge in [-0.15, -0.1) is 0 Å². The van der Waals surface area contributed by atoms with Crippen LogP contribution in [0.25, 0.3) is 0 Å². The van der Waals surface area contributed by atoms with E-state index in [2.05, 4.69) is 9.88 Å². The van der Waals surface area contributed by atoms with E-state index in [1.54, 1.807) is 13.1 Å². The molecule has 2 atom stereocenters. The van der Waals surface area contributed by atoms with Gasteiger partial charge in [0.15, 0.2) is 0 Å². The maximum Gasteiger partial charge on any atom is 0.128 e. The van der Waals surface area contributed by atoms with Crippen molar-refractivity contribution in [3.05, 3.63) is 23.9 Å². The van der Waals surface area contributed by atoms with E-state index in [-0.39, 0.29) is 6.61 Å². The van der Waals surface area contributed by atoms with Gasteiger partial charge >= 0.3 is 0 Å². The second-order valence-electron chi connectivity index (χ2n) is 4.41. The molecule has 1 aliphatic rings. The predicted octanol–water partition coefficient (Wildman–Crippen LogP) is 0.954. The minimum atomic E-state index is -0.460. The van der Waals surface area contributed by atoms with Crippen LogP contribution in [-0.2, 0) is 0 Å². The summed E-state index contributed by atoms with van der Waals surface area (Å²) < 4.78 is 0. The molecule has 0 bridgehead atoms. The van der Waals surface area contributed by atoms with Crippen molar-refractivity contribution >= 4 is 5.82 Å². The van der Waals surface area contributed by atoms with Crippen LogP contribution in [0.5, 0.6) is 0 Å². The molecule has 1 aliphatic heterocycles. The molecule has 1 fully saturated rings. The summed E-state index contributed by atoms with van der Waals surface area (Å²) in [7, 11) is 0. The molecule has 4 nitrogen and oxygen atoms in total. The van der Waals surface area contributed by atoms with Gasteiger partial charge in [-0.3, -0.25) is 0 Å². The number of aromatic nitrogens is 1. The molecule has 0 radical (unpaired) electrons. The van der Waals surface area contributed by atoms with Crippen LogP contribution >= 0.6 is 0 Å². The third kappa shape index (κ3) is 2.33. The quantitative estimate of drug-likeness (QED) is 0.799. The standard InChI is InChI=1S/C12H18N2O2/c1-9(16)11-2-4-13-12(6-11)14-5-3-10(7-14)8-15/h2,4,6,9-10,15-16H,3,5,7-8H2,1H3. The second kappa shape index (κ2) is 4.80. The Morgan fingerprint density at radius 2 is 2.44 bits per heavy atom. The molecular weight excluding hydrogens is 204 g/mol. The Morgan fingerprint density at radius 3 is 3.06 bits per heavy atom. The first-order chi connectivity index (χ1) is 7.70. The van der Waals surface area contributed by atoms with Crippen LogP contribution in [0.1, 0.15) is 25.0 Å². The zero-order chi connectivity index (χ0) is 11.5. The number of hydrogen-bond donors (Lipinski definition) is 2. The van der Waals surface area contributed by atoms with E-state index in [9.17, 15) is 5.11 Å². The number of rotatable bonds is 3. The summed E-state index contributed by atoms with van der Waals surface area (Å²) in [4.78, 5) is 6.47. The first kappa shape index (κ1) is 11.4. The second-order valence-corrected chi connectivity index (χ2v) is 4.41. The molecule has 1 saturated heterocycles. The average molecular weight is 222 g/mol. The Labute approximate surface area is 95.5 Å². The van der Waals surface area contributed by atoms with Gasteiger partial charge in [0.1, 0.15) is 5.82 Å². The van der Waals surface area contributed by atoms with Gasteiger partial charge in [-0.2, -0.15) is 0 Å². The summed E-state index contributed by atoms with van der Waals surface area (Å²) in [6, 6.07) is 3.75. The Balaban J connectivity index is 2.12. The van der Waals surface area contributed by atoms with E-state index in [1.165, 1.54) is 0 Å². The van der Waals surface area contributed by atoms with Crippen LogP contribution < -0.4 is 4.90 Å². The van der Waals surface area contributed by atoms with Crippen molar-refractivity contribution in [1.29, 1.82) is 0 Å². The van der Waals surface area contributed by atoms with E-state index in [4.69, 9.17) is 5.11 Å². The topological polar surface area (TPSA) is 56.6 Å². The zero-order valence-corrected chi connectivity index (χ0v) is 9.50. The van der Waals surface area contributed by atoms with Gasteiger partial charge < -0.3 is 15.1 Å². The molecule has 2 unspecified atom stereocenters. The number of nitrogens with zero attached hydrogens (tertiary/aromatic N) is 2. The Bertz CT molecular complexity index is 355. The third-order valence-corrected chi connectivity index (χ3v) is 3.12. The highest BCUT2D eigenvalue weighted by Gasteiger charge is 2.22. The monoisotopic (exact) mass is 222 g/mol. The minimum Gasteiger partial charge on any atom is -0.396 e. The Kier molecular flexibility index (Phi) is 3.41. The van der Waals surface area contributed by atoms with Gasteiger partial charge in [0.2, 0.25) is 0 Å². The fraction of sp³-hybridized carbons (Fsp3) is 0.583. The molecule has 4 heteroatoms. The van der Waals surface area contributed by atoms with Crippen molar-refractivity contribution in [3.63, 3.8) is 0 Å². The largest absolute Gasteiger partial charge is 0.396 e. The maximum absolute atomic E-state index is 9.50.